The van der Waals surface area contributed by atoms with Crippen molar-refractivity contribution in [3.05, 3.63) is 0 Å². The summed E-state index contributed by atoms with van der Waals surface area (Å²) in [6, 6.07) is 0. The van der Waals surface area contributed by atoms with Crippen molar-refractivity contribution >= 4 is 34.2 Å². The van der Waals surface area contributed by atoms with Gasteiger partial charge in [0.25, 0.3) is 0 Å². The van der Waals surface area contributed by atoms with Gasteiger partial charge in [0, 0.05) is 9.80 Å². The van der Waals surface area contributed by atoms with Crippen molar-refractivity contribution in [3.63, 3.8) is 0 Å². The van der Waals surface area contributed by atoms with Crippen LogP contribution in [0, 0.1) is 0 Å². The predicted octanol–water partition coefficient (Wildman–Crippen LogP) is 2.51. The maximum Gasteiger partial charge on any atom is 0.0360 e. The first-order valence-corrected chi connectivity index (χ1v) is 6.21. The largest absolute Gasteiger partial charge is 0.303 e. The molecule has 1 heterocycles. The van der Waals surface area contributed by atoms with Crippen LogP contribution in [0.15, 0.2) is 0 Å². The van der Waals surface area contributed by atoms with Gasteiger partial charge in [-0.05, 0) is 38.9 Å². The zero-order valence-corrected chi connectivity index (χ0v) is 9.64. The highest BCUT2D eigenvalue weighted by Crippen LogP contribution is 2.15. The molecule has 1 aliphatic heterocycles. The highest BCUT2D eigenvalue weighted by Gasteiger charge is 2.15. The quantitative estimate of drug-likeness (QED) is 0.569. The first-order chi connectivity index (χ1) is 5.33. The molecule has 0 N–H and O–H groups in total. The summed E-state index contributed by atoms with van der Waals surface area (Å²) in [4.78, 5) is 2.53. The summed E-state index contributed by atoms with van der Waals surface area (Å²) in [5, 5.41) is 0.450. The van der Waals surface area contributed by atoms with Crippen LogP contribution in [-0.4, -0.2) is 34.3 Å². The van der Waals surface area contributed by atoms with Crippen molar-refractivity contribution in [3.8, 4) is 0 Å². The van der Waals surface area contributed by atoms with Gasteiger partial charge >= 0.3 is 0 Å². The van der Waals surface area contributed by atoms with Crippen LogP contribution >= 0.6 is 34.2 Å². The summed E-state index contributed by atoms with van der Waals surface area (Å²) < 4.78 is 1.28. The normalized spacial score (nSPS) is 22.4. The molecule has 1 fully saturated rings. The molecule has 3 heteroatoms. The van der Waals surface area contributed by atoms with Crippen molar-refractivity contribution < 1.29 is 0 Å². The van der Waals surface area contributed by atoms with Crippen molar-refractivity contribution in [2.24, 2.45) is 0 Å². The number of alkyl halides is 2. The molecule has 1 saturated heterocycles. The maximum absolute atomic E-state index is 5.99. The number of hydrogen-bond acceptors (Lipinski definition) is 1. The maximum atomic E-state index is 5.99. The minimum Gasteiger partial charge on any atom is -0.303 e. The van der Waals surface area contributed by atoms with E-state index in [0.29, 0.717) is 5.38 Å². The second kappa shape index (κ2) is 5.60. The fraction of sp³-hybridized carbons (Fsp3) is 1.00. The molecule has 0 bridgehead atoms. The average molecular weight is 288 g/mol. The first-order valence-electron chi connectivity index (χ1n) is 4.25. The lowest BCUT2D eigenvalue weighted by atomic mass is 10.1. The van der Waals surface area contributed by atoms with Gasteiger partial charge in [-0.3, -0.25) is 0 Å². The number of likely N-dealkylation sites (tertiary alicyclic amines) is 1. The lowest BCUT2D eigenvalue weighted by molar-refractivity contribution is 0.233. The summed E-state index contributed by atoms with van der Waals surface area (Å²) >= 11 is 8.42. The molecule has 0 aromatic rings. The predicted molar refractivity (Wildman–Crippen MR) is 58.8 cm³/mol. The number of piperidine rings is 1. The zero-order valence-electron chi connectivity index (χ0n) is 6.73. The summed E-state index contributed by atoms with van der Waals surface area (Å²) in [5.74, 6) is 0. The molecule has 0 unspecified atom stereocenters. The van der Waals surface area contributed by atoms with E-state index in [1.165, 1.54) is 43.3 Å². The second-order valence-electron chi connectivity index (χ2n) is 3.06. The molecule has 0 amide bonds. The Morgan fingerprint density at radius 1 is 1.36 bits per heavy atom. The van der Waals surface area contributed by atoms with Crippen LogP contribution in [0.2, 0.25) is 0 Å². The minimum absolute atomic E-state index is 0.450. The van der Waals surface area contributed by atoms with Gasteiger partial charge in [0.2, 0.25) is 0 Å². The lowest BCUT2D eigenvalue weighted by Gasteiger charge is -2.28. The van der Waals surface area contributed by atoms with Gasteiger partial charge in [-0.15, -0.1) is 11.6 Å². The Labute approximate surface area is 87.6 Å². The van der Waals surface area contributed by atoms with E-state index in [9.17, 15) is 0 Å². The molecule has 0 atom stereocenters. The third kappa shape index (κ3) is 3.95. The van der Waals surface area contributed by atoms with Crippen LogP contribution in [0.25, 0.3) is 0 Å². The topological polar surface area (TPSA) is 3.24 Å². The molecule has 0 aromatic heterocycles. The van der Waals surface area contributed by atoms with Crippen LogP contribution in [-0.2, 0) is 0 Å². The van der Waals surface area contributed by atoms with Gasteiger partial charge in [-0.1, -0.05) is 22.6 Å². The monoisotopic (exact) mass is 287 g/mol. The van der Waals surface area contributed by atoms with E-state index in [1.54, 1.807) is 0 Å². The van der Waals surface area contributed by atoms with Gasteiger partial charge in [-0.2, -0.15) is 0 Å². The Morgan fingerprint density at radius 2 is 2.00 bits per heavy atom. The fourth-order valence-electron chi connectivity index (χ4n) is 1.41. The number of rotatable bonds is 3. The molecule has 0 spiro atoms. The van der Waals surface area contributed by atoms with Gasteiger partial charge < -0.3 is 4.90 Å². The van der Waals surface area contributed by atoms with Crippen LogP contribution in [0.1, 0.15) is 19.3 Å². The van der Waals surface area contributed by atoms with Crippen LogP contribution in [0.3, 0.4) is 0 Å². The van der Waals surface area contributed by atoms with Crippen molar-refractivity contribution in [1.82, 2.24) is 4.90 Å². The molecular weight excluding hydrogens is 272 g/mol. The van der Waals surface area contributed by atoms with E-state index in [4.69, 9.17) is 11.6 Å². The summed E-state index contributed by atoms with van der Waals surface area (Å²) in [6.07, 6.45) is 3.69. The van der Waals surface area contributed by atoms with E-state index < -0.39 is 0 Å². The number of hydrogen-bond donors (Lipinski definition) is 0. The summed E-state index contributed by atoms with van der Waals surface area (Å²) in [5.41, 5.74) is 0. The van der Waals surface area contributed by atoms with E-state index in [0.717, 1.165) is 0 Å². The fourth-order valence-corrected chi connectivity index (χ4v) is 1.94. The molecule has 0 radical (unpaired) electrons. The third-order valence-electron chi connectivity index (χ3n) is 2.13. The summed E-state index contributed by atoms with van der Waals surface area (Å²) in [7, 11) is 0. The smallest absolute Gasteiger partial charge is 0.0360 e. The van der Waals surface area contributed by atoms with Crippen LogP contribution in [0.5, 0.6) is 0 Å². The molecule has 1 nitrogen and oxygen atoms in total. The summed E-state index contributed by atoms with van der Waals surface area (Å²) in [6.45, 7) is 3.70. The zero-order chi connectivity index (χ0) is 8.10. The van der Waals surface area contributed by atoms with E-state index in [2.05, 4.69) is 27.5 Å². The molecule has 1 aliphatic rings. The molecule has 11 heavy (non-hydrogen) atoms. The number of halogens is 2. The Kier molecular flexibility index (Phi) is 5.12. The van der Waals surface area contributed by atoms with Crippen molar-refractivity contribution in [1.29, 1.82) is 0 Å². The van der Waals surface area contributed by atoms with E-state index in [1.807, 2.05) is 0 Å². The van der Waals surface area contributed by atoms with Crippen molar-refractivity contribution in [2.75, 3.05) is 24.1 Å². The van der Waals surface area contributed by atoms with Crippen LogP contribution in [0.4, 0.5) is 0 Å². The standard InChI is InChI=1S/C8H15ClIN/c9-8-2-6-11(7-3-8)5-1-4-10/h8H,1-7H2. The lowest BCUT2D eigenvalue weighted by Crippen LogP contribution is -2.34. The highest BCUT2D eigenvalue weighted by atomic mass is 127. The van der Waals surface area contributed by atoms with Gasteiger partial charge in [0.15, 0.2) is 0 Å². The Bertz CT molecular complexity index is 99.5. The minimum atomic E-state index is 0.450. The third-order valence-corrected chi connectivity index (χ3v) is 3.32. The Hall–Kier alpha value is 0.980. The molecule has 0 saturated carbocycles. The molecule has 0 aromatic carbocycles. The second-order valence-corrected chi connectivity index (χ2v) is 4.75. The Balaban J connectivity index is 2.07. The van der Waals surface area contributed by atoms with Gasteiger partial charge in [-0.25, -0.2) is 0 Å². The Morgan fingerprint density at radius 3 is 2.55 bits per heavy atom. The first kappa shape index (κ1) is 10.1. The van der Waals surface area contributed by atoms with E-state index in [-0.39, 0.29) is 0 Å². The highest BCUT2D eigenvalue weighted by molar-refractivity contribution is 14.1. The molecule has 0 aliphatic carbocycles. The van der Waals surface area contributed by atoms with Gasteiger partial charge in [0.1, 0.15) is 0 Å². The number of nitrogens with zero attached hydrogens (tertiary/aromatic N) is 1. The SMILES string of the molecule is ClC1CCN(CCCI)CC1. The van der Waals surface area contributed by atoms with Crippen LogP contribution < -0.4 is 0 Å². The van der Waals surface area contributed by atoms with Gasteiger partial charge in [0.05, 0.1) is 0 Å². The van der Waals surface area contributed by atoms with E-state index >= 15 is 0 Å². The molecular formula is C8H15ClIN. The van der Waals surface area contributed by atoms with Crippen molar-refractivity contribution in [2.45, 2.75) is 24.6 Å². The molecule has 66 valence electrons. The molecule has 1 rings (SSSR count). The average Bonchev–Trinajstić information content (AvgIpc) is 2.04.